The van der Waals surface area contributed by atoms with E-state index in [0.29, 0.717) is 22.7 Å². The number of rotatable bonds is 3. The average molecular weight is 353 g/mol. The van der Waals surface area contributed by atoms with Crippen molar-refractivity contribution in [3.8, 4) is 0 Å². The van der Waals surface area contributed by atoms with Crippen molar-refractivity contribution in [3.05, 3.63) is 56.5 Å². The molecular formula is C17H15N5O2S. The summed E-state index contributed by atoms with van der Waals surface area (Å²) in [5.74, 6) is 0.567. The summed E-state index contributed by atoms with van der Waals surface area (Å²) in [5.41, 5.74) is 1.57. The molecule has 3 rings (SSSR count). The van der Waals surface area contributed by atoms with Crippen molar-refractivity contribution in [2.45, 2.75) is 0 Å². The van der Waals surface area contributed by atoms with Crippen LogP contribution in [-0.4, -0.2) is 23.8 Å². The lowest BCUT2D eigenvalue weighted by Gasteiger charge is -2.03. The monoisotopic (exact) mass is 353 g/mol. The Morgan fingerprint density at radius 1 is 1.12 bits per heavy atom. The van der Waals surface area contributed by atoms with E-state index < -0.39 is 5.69 Å². The largest absolute Gasteiger partial charge is 0.332 e. The summed E-state index contributed by atoms with van der Waals surface area (Å²) in [6.45, 7) is 0. The van der Waals surface area contributed by atoms with Gasteiger partial charge in [-0.3, -0.25) is 13.9 Å². The van der Waals surface area contributed by atoms with E-state index in [2.05, 4.69) is 27.4 Å². The highest BCUT2D eigenvalue weighted by Crippen LogP contribution is 2.16. The summed E-state index contributed by atoms with van der Waals surface area (Å²) in [6, 6.07) is 7.45. The summed E-state index contributed by atoms with van der Waals surface area (Å²) >= 11 is 4.61. The smallest absolute Gasteiger partial charge is 0.322 e. The Morgan fingerprint density at radius 3 is 2.60 bits per heavy atom. The van der Waals surface area contributed by atoms with Crippen LogP contribution in [0.2, 0.25) is 0 Å². The van der Waals surface area contributed by atoms with Crippen LogP contribution < -0.4 is 11.2 Å². The third-order valence-electron chi connectivity index (χ3n) is 3.98. The third kappa shape index (κ3) is 2.88. The molecule has 0 atom stereocenters. The van der Waals surface area contributed by atoms with Gasteiger partial charge in [-0.1, -0.05) is 18.2 Å². The number of fused-ring (bicyclic) bond motifs is 1. The summed E-state index contributed by atoms with van der Waals surface area (Å²) in [6.07, 6.45) is 3.64. The Bertz CT molecular complexity index is 1180. The molecule has 0 bridgehead atoms. The van der Waals surface area contributed by atoms with Crippen LogP contribution >= 0.6 is 12.2 Å². The number of isothiocyanates is 1. The molecule has 0 aliphatic carbocycles. The Morgan fingerprint density at radius 2 is 1.88 bits per heavy atom. The van der Waals surface area contributed by atoms with Gasteiger partial charge in [0, 0.05) is 21.1 Å². The molecule has 0 saturated heterocycles. The minimum absolute atomic E-state index is 0.356. The summed E-state index contributed by atoms with van der Waals surface area (Å²) < 4.78 is 4.11. The third-order valence-corrected chi connectivity index (χ3v) is 4.07. The second-order valence-corrected chi connectivity index (χ2v) is 5.72. The van der Waals surface area contributed by atoms with Crippen LogP contribution in [0.4, 0.5) is 5.69 Å². The van der Waals surface area contributed by atoms with Gasteiger partial charge in [-0.15, -0.1) is 0 Å². The second-order valence-electron chi connectivity index (χ2n) is 5.54. The molecule has 0 aliphatic rings. The van der Waals surface area contributed by atoms with Crippen LogP contribution in [0.15, 0.2) is 38.8 Å². The molecule has 0 radical (unpaired) electrons. The summed E-state index contributed by atoms with van der Waals surface area (Å²) in [7, 11) is 4.79. The first kappa shape index (κ1) is 16.8. The van der Waals surface area contributed by atoms with Crippen molar-refractivity contribution in [2.24, 2.45) is 26.1 Å². The Balaban J connectivity index is 2.13. The topological polar surface area (TPSA) is 74.2 Å². The van der Waals surface area contributed by atoms with Crippen molar-refractivity contribution < 1.29 is 0 Å². The minimum Gasteiger partial charge on any atom is -0.322 e. The fraction of sp³-hybridized carbons (Fsp3) is 0.176. The zero-order valence-electron chi connectivity index (χ0n) is 13.9. The Hall–Kier alpha value is -3.09. The SMILES string of the molecule is Cn1c(=O)c2c(nc(/C=C/c3cccc(N=C=S)c3)n2C)n(C)c1=O. The molecule has 0 spiro atoms. The zero-order valence-corrected chi connectivity index (χ0v) is 14.7. The normalized spacial score (nSPS) is 11.2. The van der Waals surface area contributed by atoms with E-state index in [1.165, 1.54) is 11.6 Å². The zero-order chi connectivity index (χ0) is 18.1. The molecule has 1 aromatic carbocycles. The lowest BCUT2D eigenvalue weighted by Crippen LogP contribution is -2.37. The molecule has 25 heavy (non-hydrogen) atoms. The van der Waals surface area contributed by atoms with Gasteiger partial charge < -0.3 is 4.57 Å². The van der Waals surface area contributed by atoms with E-state index in [1.807, 2.05) is 30.3 Å². The van der Waals surface area contributed by atoms with Gasteiger partial charge in [0.2, 0.25) is 0 Å². The number of aromatic nitrogens is 4. The molecule has 0 fully saturated rings. The lowest BCUT2D eigenvalue weighted by atomic mass is 10.2. The highest BCUT2D eigenvalue weighted by Gasteiger charge is 2.15. The van der Waals surface area contributed by atoms with Crippen LogP contribution in [0.1, 0.15) is 11.4 Å². The molecule has 0 N–H and O–H groups in total. The molecule has 126 valence electrons. The first-order valence-corrected chi connectivity index (χ1v) is 7.83. The number of benzene rings is 1. The van der Waals surface area contributed by atoms with Crippen LogP contribution in [-0.2, 0) is 21.1 Å². The van der Waals surface area contributed by atoms with Crippen LogP contribution in [0.3, 0.4) is 0 Å². The molecule has 0 unspecified atom stereocenters. The molecule has 0 aliphatic heterocycles. The van der Waals surface area contributed by atoms with E-state index in [4.69, 9.17) is 0 Å². The first-order valence-electron chi connectivity index (χ1n) is 7.42. The fourth-order valence-corrected chi connectivity index (χ4v) is 2.71. The maximum atomic E-state index is 12.4. The predicted octanol–water partition coefficient (Wildman–Crippen LogP) is 1.88. The summed E-state index contributed by atoms with van der Waals surface area (Å²) in [5, 5.41) is 2.33. The fourth-order valence-electron chi connectivity index (χ4n) is 2.61. The van der Waals surface area contributed by atoms with Crippen molar-refractivity contribution >= 4 is 46.4 Å². The highest BCUT2D eigenvalue weighted by molar-refractivity contribution is 7.78. The van der Waals surface area contributed by atoms with E-state index in [1.54, 1.807) is 24.7 Å². The van der Waals surface area contributed by atoms with E-state index in [0.717, 1.165) is 10.1 Å². The first-order chi connectivity index (χ1) is 11.9. The second kappa shape index (κ2) is 6.43. The predicted molar refractivity (Wildman–Crippen MR) is 101 cm³/mol. The van der Waals surface area contributed by atoms with E-state index >= 15 is 0 Å². The number of imidazole rings is 1. The Labute approximate surface area is 148 Å². The van der Waals surface area contributed by atoms with Gasteiger partial charge >= 0.3 is 5.69 Å². The van der Waals surface area contributed by atoms with Crippen LogP contribution in [0.25, 0.3) is 23.3 Å². The number of thiocarbonyl (C=S) groups is 1. The van der Waals surface area contributed by atoms with Crippen LogP contribution in [0, 0.1) is 0 Å². The highest BCUT2D eigenvalue weighted by atomic mass is 32.1. The quantitative estimate of drug-likeness (QED) is 0.532. The van der Waals surface area contributed by atoms with Crippen molar-refractivity contribution in [3.63, 3.8) is 0 Å². The maximum Gasteiger partial charge on any atom is 0.332 e. The molecule has 3 aromatic rings. The molecule has 8 heteroatoms. The molecule has 2 aromatic heterocycles. The summed E-state index contributed by atoms with van der Waals surface area (Å²) in [4.78, 5) is 32.8. The number of hydrogen-bond acceptors (Lipinski definition) is 5. The number of nitrogens with zero attached hydrogens (tertiary/aromatic N) is 5. The van der Waals surface area contributed by atoms with Crippen molar-refractivity contribution in [2.75, 3.05) is 0 Å². The molecule has 2 heterocycles. The lowest BCUT2D eigenvalue weighted by molar-refractivity contribution is 0.705. The van der Waals surface area contributed by atoms with Gasteiger partial charge in [0.1, 0.15) is 5.82 Å². The van der Waals surface area contributed by atoms with E-state index in [9.17, 15) is 9.59 Å². The van der Waals surface area contributed by atoms with Gasteiger partial charge in [-0.2, -0.15) is 4.99 Å². The standard InChI is InChI=1S/C17H15N5O2S/c1-20-13(8-7-11-5-4-6-12(9-11)18-10-25)19-15-14(20)16(23)22(3)17(24)21(15)2/h4-9H,1-3H3/b8-7+. The van der Waals surface area contributed by atoms with E-state index in [-0.39, 0.29) is 5.56 Å². The molecule has 7 nitrogen and oxygen atoms in total. The molecule has 0 saturated carbocycles. The maximum absolute atomic E-state index is 12.4. The molecular weight excluding hydrogens is 338 g/mol. The number of aliphatic imine (C=N–C) groups is 1. The van der Waals surface area contributed by atoms with Crippen molar-refractivity contribution in [1.82, 2.24) is 18.7 Å². The Kier molecular flexibility index (Phi) is 4.31. The number of hydrogen-bond donors (Lipinski definition) is 0. The van der Waals surface area contributed by atoms with Gasteiger partial charge in [0.15, 0.2) is 11.2 Å². The van der Waals surface area contributed by atoms with Crippen molar-refractivity contribution in [1.29, 1.82) is 0 Å². The van der Waals surface area contributed by atoms with Crippen LogP contribution in [0.5, 0.6) is 0 Å². The average Bonchev–Trinajstić information content (AvgIpc) is 2.94. The molecule has 0 amide bonds. The number of aryl methyl sites for hydroxylation is 2. The van der Waals surface area contributed by atoms with Gasteiger partial charge in [-0.25, -0.2) is 9.78 Å². The van der Waals surface area contributed by atoms with Gasteiger partial charge in [0.05, 0.1) is 10.8 Å². The van der Waals surface area contributed by atoms with Gasteiger partial charge in [-0.05, 0) is 36.0 Å². The van der Waals surface area contributed by atoms with Gasteiger partial charge in [0.25, 0.3) is 5.56 Å². The minimum atomic E-state index is -0.406.